The molecule has 7 nitrogen and oxygen atoms in total. The molecular formula is C40H78O7. The van der Waals surface area contributed by atoms with Gasteiger partial charge in [-0.15, -0.1) is 0 Å². The van der Waals surface area contributed by atoms with Crippen molar-refractivity contribution in [1.82, 2.24) is 0 Å². The first-order valence-corrected chi connectivity index (χ1v) is 19.8. The summed E-state index contributed by atoms with van der Waals surface area (Å²) in [6.45, 7) is 16.7. The van der Waals surface area contributed by atoms with Crippen LogP contribution in [0.4, 0.5) is 0 Å². The third-order valence-corrected chi connectivity index (χ3v) is 7.95. The number of rotatable bonds is 38. The second-order valence-corrected chi connectivity index (χ2v) is 12.3. The molecule has 47 heavy (non-hydrogen) atoms. The van der Waals surface area contributed by atoms with E-state index >= 15 is 0 Å². The number of hydrogen-bond acceptors (Lipinski definition) is 7. The summed E-state index contributed by atoms with van der Waals surface area (Å²) in [5.41, 5.74) is 0. The van der Waals surface area contributed by atoms with E-state index in [1.54, 1.807) is 0 Å². The van der Waals surface area contributed by atoms with Gasteiger partial charge in [-0.25, -0.2) is 0 Å². The van der Waals surface area contributed by atoms with Crippen LogP contribution in [-0.4, -0.2) is 64.8 Å². The Labute approximate surface area is 291 Å². The number of hydrogen-bond donors (Lipinski definition) is 0. The predicted octanol–water partition coefficient (Wildman–Crippen LogP) is 11.4. The monoisotopic (exact) mass is 671 g/mol. The average Bonchev–Trinajstić information content (AvgIpc) is 3.06. The number of ether oxygens (including phenoxy) is 7. The van der Waals surface area contributed by atoms with Crippen LogP contribution in [0.15, 0.2) is 24.3 Å². The Morgan fingerprint density at radius 1 is 0.383 bits per heavy atom. The molecule has 0 saturated carbocycles. The topological polar surface area (TPSA) is 64.6 Å². The molecule has 0 aliphatic heterocycles. The Morgan fingerprint density at radius 3 is 1.11 bits per heavy atom. The van der Waals surface area contributed by atoms with Crippen molar-refractivity contribution in [2.24, 2.45) is 0 Å². The van der Waals surface area contributed by atoms with Crippen LogP contribution < -0.4 is 0 Å². The van der Waals surface area contributed by atoms with Gasteiger partial charge in [0.1, 0.15) is 0 Å². The van der Waals surface area contributed by atoms with Gasteiger partial charge in [0, 0.05) is 26.4 Å². The number of allylic oxidation sites excluding steroid dienone is 2. The van der Waals surface area contributed by atoms with Gasteiger partial charge in [0.05, 0.1) is 13.2 Å². The second-order valence-electron chi connectivity index (χ2n) is 12.3. The smallest absolute Gasteiger partial charge is 0.180 e. The Bertz CT molecular complexity index is 590. The highest BCUT2D eigenvalue weighted by Crippen LogP contribution is 2.15. The van der Waals surface area contributed by atoms with E-state index < -0.39 is 12.6 Å². The third kappa shape index (κ3) is 32.2. The van der Waals surface area contributed by atoms with Gasteiger partial charge >= 0.3 is 0 Å². The van der Waals surface area contributed by atoms with Gasteiger partial charge in [0.2, 0.25) is 0 Å². The van der Waals surface area contributed by atoms with E-state index in [0.717, 1.165) is 64.2 Å². The van der Waals surface area contributed by atoms with Crippen molar-refractivity contribution in [3.63, 3.8) is 0 Å². The van der Waals surface area contributed by atoms with Crippen molar-refractivity contribution in [1.29, 1.82) is 0 Å². The highest BCUT2D eigenvalue weighted by atomic mass is 16.8. The van der Waals surface area contributed by atoms with E-state index in [1.807, 2.05) is 27.7 Å². The Morgan fingerprint density at radius 2 is 0.745 bits per heavy atom. The van der Waals surface area contributed by atoms with Crippen LogP contribution in [-0.2, 0) is 33.2 Å². The molecule has 0 amide bonds. The zero-order valence-corrected chi connectivity index (χ0v) is 31.9. The molecule has 0 bridgehead atoms. The predicted molar refractivity (Wildman–Crippen MR) is 197 cm³/mol. The first-order valence-electron chi connectivity index (χ1n) is 19.8. The van der Waals surface area contributed by atoms with Crippen LogP contribution in [0.3, 0.4) is 0 Å². The largest absolute Gasteiger partial charge is 0.353 e. The van der Waals surface area contributed by atoms with Gasteiger partial charge in [0.25, 0.3) is 0 Å². The average molecular weight is 671 g/mol. The molecule has 0 saturated heterocycles. The summed E-state index contributed by atoms with van der Waals surface area (Å²) in [5.74, 6) is 0. The number of unbranched alkanes of at least 4 members (excludes halogenated alkanes) is 14. The molecule has 0 aliphatic rings. The molecule has 0 N–H and O–H groups in total. The fraction of sp³-hybridized carbons (Fsp3) is 0.900. The highest BCUT2D eigenvalue weighted by Gasteiger charge is 2.14. The van der Waals surface area contributed by atoms with E-state index in [-0.39, 0.29) is 12.6 Å². The SMILES string of the molecule is CCCCCCCCOC(C=CCCCCC(OCC)OCC)OC(C=CCCCCC(OCC)OCC)OCCCCCCCC. The van der Waals surface area contributed by atoms with E-state index in [9.17, 15) is 0 Å². The lowest BCUT2D eigenvalue weighted by Gasteiger charge is -2.22. The van der Waals surface area contributed by atoms with Gasteiger partial charge in [-0.05, 0) is 104 Å². The van der Waals surface area contributed by atoms with Crippen molar-refractivity contribution in [3.05, 3.63) is 24.3 Å². The first kappa shape index (κ1) is 46.2. The van der Waals surface area contributed by atoms with Gasteiger partial charge in [-0.2, -0.15) is 0 Å². The Hall–Kier alpha value is -0.800. The highest BCUT2D eigenvalue weighted by molar-refractivity contribution is 4.90. The molecule has 0 rings (SSSR count). The van der Waals surface area contributed by atoms with Crippen molar-refractivity contribution in [2.45, 2.75) is 195 Å². The fourth-order valence-electron chi connectivity index (χ4n) is 5.31. The van der Waals surface area contributed by atoms with Gasteiger partial charge in [0.15, 0.2) is 25.2 Å². The summed E-state index contributed by atoms with van der Waals surface area (Å²) in [7, 11) is 0. The van der Waals surface area contributed by atoms with Gasteiger partial charge in [-0.1, -0.05) is 90.2 Å². The minimum Gasteiger partial charge on any atom is -0.353 e. The molecule has 280 valence electrons. The van der Waals surface area contributed by atoms with Crippen LogP contribution in [0.2, 0.25) is 0 Å². The molecular weight excluding hydrogens is 592 g/mol. The standard InChI is InChI=1S/C40H78O7/c1-7-13-15-17-23-29-35-45-39(33-27-21-19-25-31-37(41-9-3)42-10-4)47-40(46-36-30-24-18-16-14-8-2)34-28-22-20-26-32-38(43-11-5)44-12-6/h27-28,33-34,37-40H,7-26,29-32,35-36H2,1-6H3. The third-order valence-electron chi connectivity index (χ3n) is 7.95. The van der Waals surface area contributed by atoms with E-state index in [2.05, 4.69) is 38.2 Å². The zero-order chi connectivity index (χ0) is 34.5. The molecule has 0 aliphatic carbocycles. The van der Waals surface area contributed by atoms with Gasteiger partial charge in [-0.3, -0.25) is 0 Å². The summed E-state index contributed by atoms with van der Waals surface area (Å²) in [4.78, 5) is 0. The van der Waals surface area contributed by atoms with E-state index in [0.29, 0.717) is 39.6 Å². The Balaban J connectivity index is 5.13. The molecule has 0 radical (unpaired) electrons. The quantitative estimate of drug-likeness (QED) is 0.0368. The fourth-order valence-corrected chi connectivity index (χ4v) is 5.31. The molecule has 0 aromatic heterocycles. The van der Waals surface area contributed by atoms with Crippen LogP contribution in [0.5, 0.6) is 0 Å². The van der Waals surface area contributed by atoms with Crippen LogP contribution >= 0.6 is 0 Å². The molecule has 2 atom stereocenters. The van der Waals surface area contributed by atoms with E-state index in [4.69, 9.17) is 33.2 Å². The molecule has 0 aromatic rings. The molecule has 0 spiro atoms. The van der Waals surface area contributed by atoms with Crippen LogP contribution in [0, 0.1) is 0 Å². The summed E-state index contributed by atoms with van der Waals surface area (Å²) in [5, 5.41) is 0. The molecule has 0 heterocycles. The Kier molecular flexibility index (Phi) is 37.4. The minimum atomic E-state index is -0.428. The maximum Gasteiger partial charge on any atom is 0.180 e. The maximum atomic E-state index is 6.46. The lowest BCUT2D eigenvalue weighted by atomic mass is 10.1. The zero-order valence-electron chi connectivity index (χ0n) is 31.9. The molecule has 2 unspecified atom stereocenters. The summed E-state index contributed by atoms with van der Waals surface area (Å²) < 4.78 is 41.8. The summed E-state index contributed by atoms with van der Waals surface area (Å²) in [6.07, 6.45) is 30.3. The van der Waals surface area contributed by atoms with Crippen LogP contribution in [0.1, 0.15) is 170 Å². The molecule has 0 fully saturated rings. The maximum absolute atomic E-state index is 6.46. The second kappa shape index (κ2) is 38.0. The summed E-state index contributed by atoms with van der Waals surface area (Å²) in [6, 6.07) is 0. The van der Waals surface area contributed by atoms with Crippen molar-refractivity contribution in [2.75, 3.05) is 39.6 Å². The minimum absolute atomic E-state index is 0.0992. The van der Waals surface area contributed by atoms with E-state index in [1.165, 1.54) is 64.2 Å². The molecule has 0 aromatic carbocycles. The van der Waals surface area contributed by atoms with Crippen LogP contribution in [0.25, 0.3) is 0 Å². The first-order chi connectivity index (χ1) is 23.1. The lowest BCUT2D eigenvalue weighted by Crippen LogP contribution is -2.25. The van der Waals surface area contributed by atoms with Gasteiger partial charge < -0.3 is 33.2 Å². The van der Waals surface area contributed by atoms with Crippen molar-refractivity contribution in [3.8, 4) is 0 Å². The van der Waals surface area contributed by atoms with Crippen molar-refractivity contribution < 1.29 is 33.2 Å². The summed E-state index contributed by atoms with van der Waals surface area (Å²) >= 11 is 0. The molecule has 7 heteroatoms. The van der Waals surface area contributed by atoms with Crippen molar-refractivity contribution >= 4 is 0 Å². The normalized spacial score (nSPS) is 13.6. The lowest BCUT2D eigenvalue weighted by molar-refractivity contribution is -0.208.